The molecule has 0 saturated heterocycles. The molecule has 0 radical (unpaired) electrons. The molecule has 1 aromatic rings. The van der Waals surface area contributed by atoms with Crippen LogP contribution in [0.1, 0.15) is 35.7 Å². The third kappa shape index (κ3) is 1.57. The molecular weight excluding hydrogens is 224 g/mol. The van der Waals surface area contributed by atoms with Crippen molar-refractivity contribution in [3.63, 3.8) is 0 Å². The Kier molecular flexibility index (Phi) is 2.85. The predicted molar refractivity (Wildman–Crippen MR) is 63.0 cm³/mol. The first-order chi connectivity index (χ1) is 7.59. The van der Waals surface area contributed by atoms with Crippen LogP contribution >= 0.6 is 11.6 Å². The van der Waals surface area contributed by atoms with Crippen LogP contribution in [0.25, 0.3) is 0 Å². The van der Waals surface area contributed by atoms with Crippen LogP contribution in [0.2, 0.25) is 0 Å². The van der Waals surface area contributed by atoms with E-state index in [1.165, 1.54) is 0 Å². The maximum absolute atomic E-state index is 12.2. The number of carbonyl (C=O) groups excluding carboxylic acids is 2. The van der Waals surface area contributed by atoms with Crippen LogP contribution in [0.3, 0.4) is 0 Å². The summed E-state index contributed by atoms with van der Waals surface area (Å²) in [6.07, 6.45) is 1.41. The predicted octanol–water partition coefficient (Wildman–Crippen LogP) is 2.77. The van der Waals surface area contributed by atoms with Crippen LogP contribution in [-0.4, -0.2) is 16.4 Å². The number of halogens is 1. The lowest BCUT2D eigenvalue weighted by molar-refractivity contribution is -0.120. The molecule has 0 fully saturated rings. The normalized spacial score (nSPS) is 24.0. The quantitative estimate of drug-likeness (QED) is 0.585. The van der Waals surface area contributed by atoms with Gasteiger partial charge in [-0.05, 0) is 18.4 Å². The van der Waals surface area contributed by atoms with E-state index in [2.05, 4.69) is 0 Å². The summed E-state index contributed by atoms with van der Waals surface area (Å²) in [5.74, 6) is -0.406. The molecule has 0 N–H and O–H groups in total. The van der Waals surface area contributed by atoms with Crippen molar-refractivity contribution in [2.45, 2.75) is 31.1 Å². The van der Waals surface area contributed by atoms with Crippen molar-refractivity contribution in [1.82, 2.24) is 0 Å². The Labute approximate surface area is 99.6 Å². The highest BCUT2D eigenvalue weighted by atomic mass is 35.5. The average molecular weight is 237 g/mol. The minimum Gasteiger partial charge on any atom is -0.297 e. The molecule has 0 amide bonds. The molecule has 0 saturated carbocycles. The van der Waals surface area contributed by atoms with E-state index in [0.717, 1.165) is 5.56 Å². The smallest absolute Gasteiger partial charge is 0.191 e. The minimum atomic E-state index is -1.32. The molecule has 0 aliphatic heterocycles. The number of benzene rings is 1. The highest BCUT2D eigenvalue weighted by Crippen LogP contribution is 2.35. The summed E-state index contributed by atoms with van der Waals surface area (Å²) < 4.78 is 0. The third-order valence-electron chi connectivity index (χ3n) is 3.12. The van der Waals surface area contributed by atoms with Gasteiger partial charge in [0.05, 0.1) is 0 Å². The molecule has 1 unspecified atom stereocenters. The van der Waals surface area contributed by atoms with E-state index in [1.54, 1.807) is 19.1 Å². The molecule has 1 aromatic carbocycles. The molecule has 1 aliphatic carbocycles. The lowest BCUT2D eigenvalue weighted by Crippen LogP contribution is -2.44. The Morgan fingerprint density at radius 2 is 2.12 bits per heavy atom. The summed E-state index contributed by atoms with van der Waals surface area (Å²) in [5, 5.41) is 0. The van der Waals surface area contributed by atoms with Crippen molar-refractivity contribution in [2.75, 3.05) is 0 Å². The van der Waals surface area contributed by atoms with Crippen molar-refractivity contribution in [1.29, 1.82) is 0 Å². The third-order valence-corrected chi connectivity index (χ3v) is 3.70. The van der Waals surface area contributed by atoms with Gasteiger partial charge < -0.3 is 0 Å². The monoisotopic (exact) mass is 236 g/mol. The first-order valence-electron chi connectivity index (χ1n) is 5.44. The molecule has 2 nitrogen and oxygen atoms in total. The van der Waals surface area contributed by atoms with Crippen molar-refractivity contribution in [3.05, 3.63) is 35.4 Å². The summed E-state index contributed by atoms with van der Waals surface area (Å²) in [7, 11) is 0. The molecule has 0 spiro atoms. The Bertz CT molecular complexity index is 453. The summed E-state index contributed by atoms with van der Waals surface area (Å²) in [4.78, 5) is 22.6. The van der Waals surface area contributed by atoms with E-state index in [9.17, 15) is 9.59 Å². The number of ketones is 2. The summed E-state index contributed by atoms with van der Waals surface area (Å²) in [6, 6.07) is 7.36. The van der Waals surface area contributed by atoms with Gasteiger partial charge in [0.15, 0.2) is 16.4 Å². The van der Waals surface area contributed by atoms with Crippen LogP contribution in [0.5, 0.6) is 0 Å². The fraction of sp³-hybridized carbons (Fsp3) is 0.385. The van der Waals surface area contributed by atoms with Crippen molar-refractivity contribution >= 4 is 23.2 Å². The highest BCUT2D eigenvalue weighted by molar-refractivity contribution is 6.49. The zero-order valence-electron chi connectivity index (χ0n) is 9.13. The van der Waals surface area contributed by atoms with Crippen molar-refractivity contribution in [2.24, 2.45) is 0 Å². The highest BCUT2D eigenvalue weighted by Gasteiger charge is 2.45. The van der Waals surface area contributed by atoms with Gasteiger partial charge in [-0.2, -0.15) is 0 Å². The Balaban J connectivity index is 2.45. The zero-order chi connectivity index (χ0) is 11.8. The van der Waals surface area contributed by atoms with Crippen molar-refractivity contribution in [3.8, 4) is 0 Å². The molecular formula is C13H13ClO2. The summed E-state index contributed by atoms with van der Waals surface area (Å²) in [6.45, 7) is 1.74. The second-order valence-electron chi connectivity index (χ2n) is 4.06. The van der Waals surface area contributed by atoms with E-state index in [1.807, 2.05) is 12.1 Å². The van der Waals surface area contributed by atoms with E-state index >= 15 is 0 Å². The van der Waals surface area contributed by atoms with E-state index in [-0.39, 0.29) is 11.6 Å². The number of hydrogen-bond donors (Lipinski definition) is 0. The van der Waals surface area contributed by atoms with E-state index in [4.69, 9.17) is 11.6 Å². The lowest BCUT2D eigenvalue weighted by Gasteiger charge is -2.29. The summed E-state index contributed by atoms with van der Waals surface area (Å²) >= 11 is 6.20. The second kappa shape index (κ2) is 4.02. The first kappa shape index (κ1) is 11.3. The fourth-order valence-corrected chi connectivity index (χ4v) is 2.47. The standard InChI is InChI=1S/C13H13ClO2/c1-2-11(15)13(14)8-7-9-5-3-4-6-10(9)12(13)16/h3-6H,2,7-8H2,1H3. The van der Waals surface area contributed by atoms with Gasteiger partial charge in [-0.3, -0.25) is 9.59 Å². The van der Waals surface area contributed by atoms with Crippen LogP contribution in [0.4, 0.5) is 0 Å². The lowest BCUT2D eigenvalue weighted by atomic mass is 9.79. The van der Waals surface area contributed by atoms with Gasteiger partial charge in [-0.1, -0.05) is 31.2 Å². The van der Waals surface area contributed by atoms with Gasteiger partial charge in [0, 0.05) is 12.0 Å². The largest absolute Gasteiger partial charge is 0.297 e. The Morgan fingerprint density at radius 3 is 2.81 bits per heavy atom. The number of rotatable bonds is 2. The maximum Gasteiger partial charge on any atom is 0.191 e. The van der Waals surface area contributed by atoms with Crippen LogP contribution in [0.15, 0.2) is 24.3 Å². The molecule has 3 heteroatoms. The molecule has 0 bridgehead atoms. The number of hydrogen-bond acceptors (Lipinski definition) is 2. The van der Waals surface area contributed by atoms with Gasteiger partial charge in [-0.15, -0.1) is 11.6 Å². The average Bonchev–Trinajstić information content (AvgIpc) is 2.33. The number of aryl methyl sites for hydroxylation is 1. The van der Waals surface area contributed by atoms with E-state index in [0.29, 0.717) is 24.8 Å². The molecule has 84 valence electrons. The topological polar surface area (TPSA) is 34.1 Å². The first-order valence-corrected chi connectivity index (χ1v) is 5.82. The summed E-state index contributed by atoms with van der Waals surface area (Å²) in [5.41, 5.74) is 1.60. The van der Waals surface area contributed by atoms with E-state index < -0.39 is 4.87 Å². The minimum absolute atomic E-state index is 0.173. The second-order valence-corrected chi connectivity index (χ2v) is 4.71. The van der Waals surface area contributed by atoms with Gasteiger partial charge in [0.2, 0.25) is 0 Å². The van der Waals surface area contributed by atoms with Gasteiger partial charge >= 0.3 is 0 Å². The molecule has 0 aromatic heterocycles. The fourth-order valence-electron chi connectivity index (χ4n) is 2.14. The molecule has 1 atom stereocenters. The SMILES string of the molecule is CCC(=O)C1(Cl)CCc2ccccc2C1=O. The van der Waals surface area contributed by atoms with Gasteiger partial charge in [0.25, 0.3) is 0 Å². The van der Waals surface area contributed by atoms with Gasteiger partial charge in [0.1, 0.15) is 0 Å². The zero-order valence-corrected chi connectivity index (χ0v) is 9.88. The molecule has 1 aliphatic rings. The van der Waals surface area contributed by atoms with Gasteiger partial charge in [-0.25, -0.2) is 0 Å². The molecule has 2 rings (SSSR count). The maximum atomic E-state index is 12.2. The Hall–Kier alpha value is -1.15. The Morgan fingerprint density at radius 1 is 1.44 bits per heavy atom. The number of alkyl halides is 1. The molecule has 0 heterocycles. The number of fused-ring (bicyclic) bond motifs is 1. The van der Waals surface area contributed by atoms with Crippen molar-refractivity contribution < 1.29 is 9.59 Å². The van der Waals surface area contributed by atoms with Crippen LogP contribution < -0.4 is 0 Å². The van der Waals surface area contributed by atoms with Crippen LogP contribution in [-0.2, 0) is 11.2 Å². The van der Waals surface area contributed by atoms with Crippen LogP contribution in [0, 0.1) is 0 Å². The number of Topliss-reactive ketones (excluding diaryl/α,β-unsaturated/α-hetero) is 2. The number of carbonyl (C=O) groups is 2. The molecule has 16 heavy (non-hydrogen) atoms.